The quantitative estimate of drug-likeness (QED) is 0.643. The van der Waals surface area contributed by atoms with Gasteiger partial charge in [-0.1, -0.05) is 61.7 Å². The van der Waals surface area contributed by atoms with Gasteiger partial charge in [-0.15, -0.1) is 0 Å². The first-order valence-electron chi connectivity index (χ1n) is 10.4. The van der Waals surface area contributed by atoms with Gasteiger partial charge in [0.25, 0.3) is 0 Å². The zero-order chi connectivity index (χ0) is 19.3. The molecule has 2 aliphatic rings. The molecule has 0 unspecified atom stereocenters. The van der Waals surface area contributed by atoms with Gasteiger partial charge in [-0.05, 0) is 48.9 Å². The molecule has 2 aromatic carbocycles. The molecule has 1 heterocycles. The van der Waals surface area contributed by atoms with Crippen LogP contribution in [-0.4, -0.2) is 23.6 Å². The average molecular weight is 380 g/mol. The predicted molar refractivity (Wildman–Crippen MR) is 109 cm³/mol. The molecule has 1 amide bonds. The number of carbonyl (C=O) groups excluding carboxylic acids is 1. The van der Waals surface area contributed by atoms with E-state index in [2.05, 4.69) is 0 Å². The molecule has 0 spiro atoms. The molecule has 0 radical (unpaired) electrons. The minimum Gasteiger partial charge on any atom is -0.493 e. The van der Waals surface area contributed by atoms with Gasteiger partial charge >= 0.3 is 6.09 Å². The second kappa shape index (κ2) is 8.68. The number of ether oxygens (including phenoxy) is 2. The van der Waals surface area contributed by atoms with Crippen molar-refractivity contribution in [1.29, 1.82) is 0 Å². The van der Waals surface area contributed by atoms with Crippen LogP contribution in [0.4, 0.5) is 4.79 Å². The molecule has 2 atom stereocenters. The second-order valence-corrected chi connectivity index (χ2v) is 8.04. The third-order valence-electron chi connectivity index (χ3n) is 6.01. The van der Waals surface area contributed by atoms with Gasteiger partial charge in [0, 0.05) is 6.54 Å². The lowest BCUT2D eigenvalue weighted by atomic mass is 9.90. The van der Waals surface area contributed by atoms with Crippen molar-refractivity contribution in [2.45, 2.75) is 57.7 Å². The summed E-state index contributed by atoms with van der Waals surface area (Å²) < 4.78 is 11.6. The largest absolute Gasteiger partial charge is 0.493 e. The van der Waals surface area contributed by atoms with Crippen molar-refractivity contribution >= 4 is 6.09 Å². The first-order chi connectivity index (χ1) is 13.7. The van der Waals surface area contributed by atoms with Gasteiger partial charge in [0.2, 0.25) is 0 Å². The average Bonchev–Trinajstić information content (AvgIpc) is 3.03. The van der Waals surface area contributed by atoms with Gasteiger partial charge < -0.3 is 9.47 Å². The summed E-state index contributed by atoms with van der Waals surface area (Å²) in [6, 6.07) is 18.1. The van der Waals surface area contributed by atoms with Crippen molar-refractivity contribution in [2.24, 2.45) is 5.92 Å². The summed E-state index contributed by atoms with van der Waals surface area (Å²) in [5, 5.41) is 0. The Kier molecular flexibility index (Phi) is 5.84. The minimum atomic E-state index is -0.251. The molecule has 0 aromatic heterocycles. The Morgan fingerprint density at radius 3 is 2.43 bits per heavy atom. The molecule has 0 bridgehead atoms. The molecule has 148 valence electrons. The Labute approximate surface area is 167 Å². The smallest absolute Gasteiger partial charge is 0.411 e. The normalized spacial score (nSPS) is 22.9. The lowest BCUT2D eigenvalue weighted by molar-refractivity contribution is 0.130. The first-order valence-corrected chi connectivity index (χ1v) is 10.4. The highest BCUT2D eigenvalue weighted by Gasteiger charge is 2.39. The van der Waals surface area contributed by atoms with E-state index in [1.165, 1.54) is 32.1 Å². The third kappa shape index (κ3) is 4.32. The molecule has 28 heavy (non-hydrogen) atoms. The van der Waals surface area contributed by atoms with E-state index in [-0.39, 0.29) is 18.2 Å². The molecular formula is C24H29NO3. The Hall–Kier alpha value is -2.49. The highest BCUT2D eigenvalue weighted by Crippen LogP contribution is 2.33. The fourth-order valence-corrected chi connectivity index (χ4v) is 4.26. The SMILES string of the molecule is C[C@H]1[C@@H](c2ccccc2)OC(=O)N1Cc1ccc(OCC2CCCCC2)cc1. The van der Waals surface area contributed by atoms with Crippen LogP contribution in [0.25, 0.3) is 0 Å². The monoisotopic (exact) mass is 379 g/mol. The van der Waals surface area contributed by atoms with E-state index in [1.54, 1.807) is 4.90 Å². The highest BCUT2D eigenvalue weighted by atomic mass is 16.6. The lowest BCUT2D eigenvalue weighted by Gasteiger charge is -2.22. The number of nitrogens with zero attached hydrogens (tertiary/aromatic N) is 1. The van der Waals surface area contributed by atoms with Crippen LogP contribution >= 0.6 is 0 Å². The summed E-state index contributed by atoms with van der Waals surface area (Å²) in [4.78, 5) is 14.2. The molecule has 1 saturated heterocycles. The molecule has 1 aliphatic heterocycles. The molecule has 1 aliphatic carbocycles. The van der Waals surface area contributed by atoms with Gasteiger partial charge in [0.15, 0.2) is 0 Å². The van der Waals surface area contributed by atoms with Crippen LogP contribution in [0.2, 0.25) is 0 Å². The minimum absolute atomic E-state index is 0.00266. The van der Waals surface area contributed by atoms with Gasteiger partial charge in [-0.25, -0.2) is 4.79 Å². The van der Waals surface area contributed by atoms with E-state index in [9.17, 15) is 4.79 Å². The number of carbonyl (C=O) groups is 1. The van der Waals surface area contributed by atoms with E-state index in [0.717, 1.165) is 23.5 Å². The summed E-state index contributed by atoms with van der Waals surface area (Å²) in [7, 11) is 0. The Morgan fingerprint density at radius 1 is 1.00 bits per heavy atom. The van der Waals surface area contributed by atoms with Crippen molar-refractivity contribution in [3.63, 3.8) is 0 Å². The highest BCUT2D eigenvalue weighted by molar-refractivity contribution is 5.71. The number of rotatable bonds is 6. The predicted octanol–water partition coefficient (Wildman–Crippen LogP) is 5.73. The fourth-order valence-electron chi connectivity index (χ4n) is 4.26. The van der Waals surface area contributed by atoms with Crippen LogP contribution in [0.1, 0.15) is 56.3 Å². The lowest BCUT2D eigenvalue weighted by Crippen LogP contribution is -2.31. The first kappa shape index (κ1) is 18.9. The van der Waals surface area contributed by atoms with Crippen LogP contribution < -0.4 is 4.74 Å². The number of cyclic esters (lactones) is 1. The topological polar surface area (TPSA) is 38.8 Å². The van der Waals surface area contributed by atoms with Crippen molar-refractivity contribution < 1.29 is 14.3 Å². The Bertz CT molecular complexity index is 768. The van der Waals surface area contributed by atoms with E-state index in [0.29, 0.717) is 12.5 Å². The maximum absolute atomic E-state index is 12.4. The molecule has 2 fully saturated rings. The van der Waals surface area contributed by atoms with E-state index in [4.69, 9.17) is 9.47 Å². The van der Waals surface area contributed by atoms with Crippen LogP contribution in [0.15, 0.2) is 54.6 Å². The van der Waals surface area contributed by atoms with Crippen LogP contribution in [0.5, 0.6) is 5.75 Å². The Morgan fingerprint density at radius 2 is 1.71 bits per heavy atom. The maximum atomic E-state index is 12.4. The van der Waals surface area contributed by atoms with Crippen LogP contribution in [-0.2, 0) is 11.3 Å². The molecule has 4 heteroatoms. The molecule has 4 rings (SSSR count). The molecular weight excluding hydrogens is 350 g/mol. The van der Waals surface area contributed by atoms with Crippen molar-refractivity contribution in [2.75, 3.05) is 6.61 Å². The summed E-state index contributed by atoms with van der Waals surface area (Å²) >= 11 is 0. The fraction of sp³-hybridized carbons (Fsp3) is 0.458. The van der Waals surface area contributed by atoms with Crippen molar-refractivity contribution in [3.8, 4) is 5.75 Å². The zero-order valence-corrected chi connectivity index (χ0v) is 16.5. The summed E-state index contributed by atoms with van der Waals surface area (Å²) in [5.41, 5.74) is 2.12. The van der Waals surface area contributed by atoms with Crippen molar-refractivity contribution in [3.05, 3.63) is 65.7 Å². The Balaban J connectivity index is 1.34. The zero-order valence-electron chi connectivity index (χ0n) is 16.5. The molecule has 4 nitrogen and oxygen atoms in total. The third-order valence-corrected chi connectivity index (χ3v) is 6.01. The summed E-state index contributed by atoms with van der Waals surface area (Å²) in [6.45, 7) is 3.41. The molecule has 1 saturated carbocycles. The van der Waals surface area contributed by atoms with Gasteiger partial charge in [0.05, 0.1) is 12.6 Å². The number of hydrogen-bond acceptors (Lipinski definition) is 3. The van der Waals surface area contributed by atoms with E-state index < -0.39 is 0 Å². The van der Waals surface area contributed by atoms with Gasteiger partial charge in [-0.3, -0.25) is 4.90 Å². The standard InChI is InChI=1S/C24H29NO3/c1-18-23(21-10-6-3-7-11-21)28-24(26)25(18)16-19-12-14-22(15-13-19)27-17-20-8-4-2-5-9-20/h3,6-7,10-15,18,20,23H,2,4-5,8-9,16-17H2,1H3/t18-,23-/m0/s1. The van der Waals surface area contributed by atoms with Crippen molar-refractivity contribution in [1.82, 2.24) is 4.90 Å². The maximum Gasteiger partial charge on any atom is 0.411 e. The number of benzene rings is 2. The van der Waals surface area contributed by atoms with Gasteiger partial charge in [-0.2, -0.15) is 0 Å². The van der Waals surface area contributed by atoms with E-state index in [1.807, 2.05) is 61.5 Å². The van der Waals surface area contributed by atoms with E-state index >= 15 is 0 Å². The number of amides is 1. The summed E-state index contributed by atoms with van der Waals surface area (Å²) in [5.74, 6) is 1.61. The molecule has 2 aromatic rings. The number of hydrogen-bond donors (Lipinski definition) is 0. The van der Waals surface area contributed by atoms with Crippen LogP contribution in [0.3, 0.4) is 0 Å². The van der Waals surface area contributed by atoms with Gasteiger partial charge in [0.1, 0.15) is 11.9 Å². The molecule has 0 N–H and O–H groups in total. The van der Waals surface area contributed by atoms with Crippen LogP contribution in [0, 0.1) is 5.92 Å². The second-order valence-electron chi connectivity index (χ2n) is 8.04. The summed E-state index contributed by atoms with van der Waals surface area (Å²) in [6.07, 6.45) is 6.15.